The quantitative estimate of drug-likeness (QED) is 0.684. The minimum atomic E-state index is 0.0452. The van der Waals surface area contributed by atoms with Gasteiger partial charge in [-0.3, -0.25) is 9.89 Å². The average molecular weight is 341 g/mol. The van der Waals surface area contributed by atoms with Crippen LogP contribution in [0.5, 0.6) is 0 Å². The Bertz CT molecular complexity index is 887. The van der Waals surface area contributed by atoms with Crippen molar-refractivity contribution in [2.45, 2.75) is 20.3 Å². The molecule has 1 aromatic carbocycles. The molecule has 0 aliphatic carbocycles. The molecule has 1 saturated heterocycles. The first kappa shape index (κ1) is 15.3. The molecule has 1 aliphatic rings. The standard InChI is InChI=1S/C17H19N5OS/c1-9-15(10(2)22-21-9)11-3-4-14-13(7-11)19-17(24-14)20-16(23)12-5-6-18-8-12/h3-4,7,12,18H,5-6,8H2,1-2H3,(H,21,22)(H,19,20,23)/t12-/m0/s1. The number of nitrogens with zero attached hydrogens (tertiary/aromatic N) is 2. The monoisotopic (exact) mass is 341 g/mol. The molecule has 3 heterocycles. The number of aromatic amines is 1. The Morgan fingerprint density at radius 3 is 2.96 bits per heavy atom. The van der Waals surface area contributed by atoms with E-state index in [4.69, 9.17) is 0 Å². The van der Waals surface area contributed by atoms with E-state index in [2.05, 4.69) is 44.0 Å². The van der Waals surface area contributed by atoms with Gasteiger partial charge >= 0.3 is 0 Å². The number of amides is 1. The summed E-state index contributed by atoms with van der Waals surface area (Å²) in [7, 11) is 0. The summed E-state index contributed by atoms with van der Waals surface area (Å²) in [5, 5.41) is 14.1. The van der Waals surface area contributed by atoms with E-state index in [-0.39, 0.29) is 11.8 Å². The van der Waals surface area contributed by atoms with Gasteiger partial charge in [0.1, 0.15) is 0 Å². The van der Waals surface area contributed by atoms with Crippen LogP contribution in [0.2, 0.25) is 0 Å². The van der Waals surface area contributed by atoms with Crippen molar-refractivity contribution in [1.29, 1.82) is 0 Å². The second-order valence-corrected chi connectivity index (χ2v) is 7.22. The van der Waals surface area contributed by atoms with Gasteiger partial charge in [0.2, 0.25) is 5.91 Å². The minimum absolute atomic E-state index is 0.0452. The van der Waals surface area contributed by atoms with Crippen molar-refractivity contribution in [3.05, 3.63) is 29.6 Å². The number of thiazole rings is 1. The Labute approximate surface area is 143 Å². The molecule has 3 aromatic rings. The normalized spacial score (nSPS) is 17.5. The van der Waals surface area contributed by atoms with E-state index in [1.165, 1.54) is 11.3 Å². The van der Waals surface area contributed by atoms with Crippen LogP contribution in [0.15, 0.2) is 18.2 Å². The molecule has 7 heteroatoms. The Morgan fingerprint density at radius 2 is 2.25 bits per heavy atom. The van der Waals surface area contributed by atoms with Gasteiger partial charge in [0.25, 0.3) is 0 Å². The zero-order valence-corrected chi connectivity index (χ0v) is 14.5. The van der Waals surface area contributed by atoms with E-state index in [1.54, 1.807) is 0 Å². The van der Waals surface area contributed by atoms with Crippen molar-refractivity contribution in [1.82, 2.24) is 20.5 Å². The van der Waals surface area contributed by atoms with Crippen LogP contribution in [-0.4, -0.2) is 34.2 Å². The average Bonchev–Trinajstić information content (AvgIpc) is 3.27. The van der Waals surface area contributed by atoms with Gasteiger partial charge in [-0.15, -0.1) is 0 Å². The van der Waals surface area contributed by atoms with Crippen LogP contribution in [0.1, 0.15) is 17.8 Å². The summed E-state index contributed by atoms with van der Waals surface area (Å²) in [6.45, 7) is 5.66. The van der Waals surface area contributed by atoms with E-state index >= 15 is 0 Å². The lowest BCUT2D eigenvalue weighted by molar-refractivity contribution is -0.119. The lowest BCUT2D eigenvalue weighted by Crippen LogP contribution is -2.24. The molecule has 124 valence electrons. The van der Waals surface area contributed by atoms with Gasteiger partial charge in [0.05, 0.1) is 21.8 Å². The van der Waals surface area contributed by atoms with Crippen molar-refractivity contribution < 1.29 is 4.79 Å². The fraction of sp³-hybridized carbons (Fsp3) is 0.353. The van der Waals surface area contributed by atoms with Crippen LogP contribution in [-0.2, 0) is 4.79 Å². The van der Waals surface area contributed by atoms with Gasteiger partial charge in [0.15, 0.2) is 5.13 Å². The second kappa shape index (κ2) is 5.99. The number of carbonyl (C=O) groups excluding carboxylic acids is 1. The molecule has 2 aromatic heterocycles. The molecule has 1 fully saturated rings. The van der Waals surface area contributed by atoms with Gasteiger partial charge in [0, 0.05) is 17.8 Å². The van der Waals surface area contributed by atoms with E-state index in [9.17, 15) is 4.79 Å². The Kier molecular flexibility index (Phi) is 3.82. The van der Waals surface area contributed by atoms with E-state index in [0.717, 1.165) is 52.2 Å². The zero-order valence-electron chi connectivity index (χ0n) is 13.6. The number of anilines is 1. The third kappa shape index (κ3) is 2.70. The zero-order chi connectivity index (χ0) is 16.7. The largest absolute Gasteiger partial charge is 0.316 e. The van der Waals surface area contributed by atoms with Crippen LogP contribution >= 0.6 is 11.3 Å². The first-order chi connectivity index (χ1) is 11.6. The third-order valence-electron chi connectivity index (χ3n) is 4.47. The first-order valence-electron chi connectivity index (χ1n) is 8.06. The van der Waals surface area contributed by atoms with Gasteiger partial charge in [-0.05, 0) is 44.5 Å². The SMILES string of the molecule is Cc1n[nH]c(C)c1-c1ccc2sc(NC(=O)[C@H]3CCNC3)nc2c1. The smallest absolute Gasteiger partial charge is 0.230 e. The van der Waals surface area contributed by atoms with Gasteiger partial charge in [-0.25, -0.2) is 4.98 Å². The third-order valence-corrected chi connectivity index (χ3v) is 5.42. The predicted molar refractivity (Wildman–Crippen MR) is 96.3 cm³/mol. The summed E-state index contributed by atoms with van der Waals surface area (Å²) in [5.41, 5.74) is 5.13. The Morgan fingerprint density at radius 1 is 1.38 bits per heavy atom. The molecule has 24 heavy (non-hydrogen) atoms. The molecule has 1 amide bonds. The second-order valence-electron chi connectivity index (χ2n) is 6.19. The number of H-pyrrole nitrogens is 1. The maximum atomic E-state index is 12.2. The lowest BCUT2D eigenvalue weighted by atomic mass is 10.0. The van der Waals surface area contributed by atoms with Crippen molar-refractivity contribution in [2.75, 3.05) is 18.4 Å². The van der Waals surface area contributed by atoms with Crippen molar-refractivity contribution in [2.24, 2.45) is 5.92 Å². The number of aryl methyl sites for hydroxylation is 2. The predicted octanol–water partition coefficient (Wildman–Crippen LogP) is 2.85. The van der Waals surface area contributed by atoms with Crippen LogP contribution in [0.25, 0.3) is 21.3 Å². The van der Waals surface area contributed by atoms with Gasteiger partial charge < -0.3 is 10.6 Å². The fourth-order valence-electron chi connectivity index (χ4n) is 3.20. The maximum Gasteiger partial charge on any atom is 0.230 e. The fourth-order valence-corrected chi connectivity index (χ4v) is 4.05. The van der Waals surface area contributed by atoms with E-state index in [0.29, 0.717) is 5.13 Å². The molecule has 1 atom stereocenters. The molecule has 0 radical (unpaired) electrons. The van der Waals surface area contributed by atoms with Gasteiger partial charge in [-0.1, -0.05) is 17.4 Å². The Hall–Kier alpha value is -2.25. The molecule has 0 spiro atoms. The van der Waals surface area contributed by atoms with Crippen LogP contribution in [0, 0.1) is 19.8 Å². The first-order valence-corrected chi connectivity index (χ1v) is 8.87. The summed E-state index contributed by atoms with van der Waals surface area (Å²) < 4.78 is 1.07. The molecule has 6 nitrogen and oxygen atoms in total. The number of fused-ring (bicyclic) bond motifs is 1. The maximum absolute atomic E-state index is 12.2. The van der Waals surface area contributed by atoms with Crippen LogP contribution in [0.4, 0.5) is 5.13 Å². The van der Waals surface area contributed by atoms with Crippen molar-refractivity contribution >= 4 is 32.6 Å². The van der Waals surface area contributed by atoms with E-state index in [1.807, 2.05) is 13.8 Å². The van der Waals surface area contributed by atoms with Crippen LogP contribution < -0.4 is 10.6 Å². The number of carbonyl (C=O) groups is 1. The number of benzene rings is 1. The molecular formula is C17H19N5OS. The van der Waals surface area contributed by atoms with Gasteiger partial charge in [-0.2, -0.15) is 5.10 Å². The highest BCUT2D eigenvalue weighted by Gasteiger charge is 2.23. The summed E-state index contributed by atoms with van der Waals surface area (Å²) in [4.78, 5) is 16.8. The molecule has 4 rings (SSSR count). The van der Waals surface area contributed by atoms with Crippen LogP contribution in [0.3, 0.4) is 0 Å². The number of rotatable bonds is 3. The molecule has 0 unspecified atom stereocenters. The number of hydrogen-bond donors (Lipinski definition) is 3. The summed E-state index contributed by atoms with van der Waals surface area (Å²) >= 11 is 1.51. The summed E-state index contributed by atoms with van der Waals surface area (Å²) in [6.07, 6.45) is 0.889. The lowest BCUT2D eigenvalue weighted by Gasteiger charge is -2.06. The van der Waals surface area contributed by atoms with Crippen molar-refractivity contribution in [3.63, 3.8) is 0 Å². The number of nitrogens with one attached hydrogen (secondary N) is 3. The number of hydrogen-bond acceptors (Lipinski definition) is 5. The highest BCUT2D eigenvalue weighted by atomic mass is 32.1. The summed E-state index contributed by atoms with van der Waals surface area (Å²) in [5.74, 6) is 0.101. The molecule has 0 bridgehead atoms. The highest BCUT2D eigenvalue weighted by molar-refractivity contribution is 7.22. The van der Waals surface area contributed by atoms with Crippen molar-refractivity contribution in [3.8, 4) is 11.1 Å². The molecule has 1 aliphatic heterocycles. The summed E-state index contributed by atoms with van der Waals surface area (Å²) in [6, 6.07) is 6.20. The molecular weight excluding hydrogens is 322 g/mol. The Balaban J connectivity index is 1.63. The molecule has 0 saturated carbocycles. The topological polar surface area (TPSA) is 82.7 Å². The highest BCUT2D eigenvalue weighted by Crippen LogP contribution is 2.32. The number of aromatic nitrogens is 3. The minimum Gasteiger partial charge on any atom is -0.316 e. The van der Waals surface area contributed by atoms with E-state index < -0.39 is 0 Å². The molecule has 3 N–H and O–H groups in total.